The van der Waals surface area contributed by atoms with E-state index in [1.54, 1.807) is 0 Å². The Morgan fingerprint density at radius 2 is 1.71 bits per heavy atom. The lowest BCUT2D eigenvalue weighted by atomic mass is 9.91. The molecule has 1 N–H and O–H groups in total. The third-order valence-electron chi connectivity index (χ3n) is 3.97. The van der Waals surface area contributed by atoms with Crippen molar-refractivity contribution in [2.24, 2.45) is 0 Å². The molecule has 1 aliphatic rings. The minimum absolute atomic E-state index is 0.389. The van der Waals surface area contributed by atoms with Crippen LogP contribution in [0, 0.1) is 0 Å². The molecule has 2 aromatic rings. The van der Waals surface area contributed by atoms with Crippen LogP contribution in [0.3, 0.4) is 0 Å². The van der Waals surface area contributed by atoms with Crippen LogP contribution in [0.5, 0.6) is 0 Å². The van der Waals surface area contributed by atoms with Crippen molar-refractivity contribution < 1.29 is 0 Å². The maximum Gasteiger partial charge on any atom is 0.0441 e. The molecule has 0 saturated heterocycles. The summed E-state index contributed by atoms with van der Waals surface area (Å²) < 4.78 is 0. The minimum atomic E-state index is 0.389. The molecular formula is C18H19Cl2N. The van der Waals surface area contributed by atoms with Crippen LogP contribution in [0.25, 0.3) is 0 Å². The Morgan fingerprint density at radius 1 is 1.00 bits per heavy atom. The van der Waals surface area contributed by atoms with Crippen molar-refractivity contribution in [1.82, 2.24) is 5.32 Å². The van der Waals surface area contributed by atoms with Crippen molar-refractivity contribution in [2.45, 2.75) is 31.2 Å². The Balaban J connectivity index is 1.77. The summed E-state index contributed by atoms with van der Waals surface area (Å²) in [5.74, 6) is 0.389. The lowest BCUT2D eigenvalue weighted by Gasteiger charge is -2.19. The second-order valence-corrected chi connectivity index (χ2v) is 6.58. The lowest BCUT2D eigenvalue weighted by molar-refractivity contribution is 0.577. The maximum absolute atomic E-state index is 6.39. The van der Waals surface area contributed by atoms with Crippen LogP contribution in [-0.2, 0) is 6.42 Å². The van der Waals surface area contributed by atoms with E-state index in [1.165, 1.54) is 24.0 Å². The van der Waals surface area contributed by atoms with E-state index in [1.807, 2.05) is 24.3 Å². The Kier molecular flexibility index (Phi) is 4.84. The summed E-state index contributed by atoms with van der Waals surface area (Å²) in [4.78, 5) is 0. The summed E-state index contributed by atoms with van der Waals surface area (Å²) in [7, 11) is 0. The van der Waals surface area contributed by atoms with Gasteiger partial charge in [0.05, 0.1) is 0 Å². The summed E-state index contributed by atoms with van der Waals surface area (Å²) in [5, 5.41) is 5.27. The lowest BCUT2D eigenvalue weighted by Crippen LogP contribution is -2.25. The van der Waals surface area contributed by atoms with Crippen LogP contribution in [0.15, 0.2) is 48.5 Å². The predicted octanol–water partition coefficient (Wildman–Crippen LogP) is 5.07. The quantitative estimate of drug-likeness (QED) is 0.783. The number of halogens is 2. The molecule has 1 fully saturated rings. The molecule has 110 valence electrons. The van der Waals surface area contributed by atoms with Crippen LogP contribution >= 0.6 is 23.2 Å². The second kappa shape index (κ2) is 6.83. The first-order chi connectivity index (χ1) is 10.2. The van der Waals surface area contributed by atoms with Gasteiger partial charge in [0.25, 0.3) is 0 Å². The Morgan fingerprint density at radius 3 is 2.38 bits per heavy atom. The molecule has 0 bridgehead atoms. The zero-order valence-electron chi connectivity index (χ0n) is 11.9. The summed E-state index contributed by atoms with van der Waals surface area (Å²) in [6, 6.07) is 17.0. The predicted molar refractivity (Wildman–Crippen MR) is 90.4 cm³/mol. The first kappa shape index (κ1) is 14.9. The van der Waals surface area contributed by atoms with Gasteiger partial charge in [-0.25, -0.2) is 0 Å². The summed E-state index contributed by atoms with van der Waals surface area (Å²) >= 11 is 12.4. The van der Waals surface area contributed by atoms with Gasteiger partial charge in [-0.15, -0.1) is 0 Å². The molecule has 1 saturated carbocycles. The van der Waals surface area contributed by atoms with E-state index in [-0.39, 0.29) is 0 Å². The smallest absolute Gasteiger partial charge is 0.0441 e. The molecule has 3 heteroatoms. The fourth-order valence-corrected chi connectivity index (χ4v) is 3.02. The zero-order chi connectivity index (χ0) is 14.7. The molecular weight excluding hydrogens is 301 g/mol. The van der Waals surface area contributed by atoms with E-state index in [0.29, 0.717) is 12.0 Å². The van der Waals surface area contributed by atoms with Crippen molar-refractivity contribution in [1.29, 1.82) is 0 Å². The topological polar surface area (TPSA) is 12.0 Å². The van der Waals surface area contributed by atoms with E-state index in [2.05, 4.69) is 29.6 Å². The third kappa shape index (κ3) is 4.23. The highest BCUT2D eigenvalue weighted by Gasteiger charge is 2.23. The molecule has 1 nitrogen and oxygen atoms in total. The van der Waals surface area contributed by atoms with E-state index in [4.69, 9.17) is 23.2 Å². The van der Waals surface area contributed by atoms with Gasteiger partial charge < -0.3 is 5.32 Å². The summed E-state index contributed by atoms with van der Waals surface area (Å²) in [6.07, 6.45) is 3.58. The molecule has 0 amide bonds. The van der Waals surface area contributed by atoms with Gasteiger partial charge in [-0.05, 0) is 48.6 Å². The largest absolute Gasteiger partial charge is 0.313 e. The fraction of sp³-hybridized carbons (Fsp3) is 0.333. The van der Waals surface area contributed by atoms with Gasteiger partial charge in [0, 0.05) is 28.5 Å². The molecule has 2 aromatic carbocycles. The highest BCUT2D eigenvalue weighted by atomic mass is 35.5. The monoisotopic (exact) mass is 319 g/mol. The van der Waals surface area contributed by atoms with Gasteiger partial charge in [0.15, 0.2) is 0 Å². The van der Waals surface area contributed by atoms with Crippen molar-refractivity contribution in [3.05, 3.63) is 69.7 Å². The number of hydrogen-bond donors (Lipinski definition) is 1. The first-order valence-electron chi connectivity index (χ1n) is 7.44. The van der Waals surface area contributed by atoms with Crippen molar-refractivity contribution in [3.63, 3.8) is 0 Å². The SMILES string of the molecule is Clc1ccc(CC(CNC2CC2)c2ccccc2Cl)cc1. The van der Waals surface area contributed by atoms with E-state index < -0.39 is 0 Å². The maximum atomic E-state index is 6.39. The number of hydrogen-bond acceptors (Lipinski definition) is 1. The molecule has 0 heterocycles. The first-order valence-corrected chi connectivity index (χ1v) is 8.20. The standard InChI is InChI=1S/C18H19Cl2N/c19-15-7-5-13(6-8-15)11-14(12-21-16-9-10-16)17-3-1-2-4-18(17)20/h1-8,14,16,21H,9-12H2. The van der Waals surface area contributed by atoms with Gasteiger partial charge >= 0.3 is 0 Å². The Hall–Kier alpha value is -1.02. The van der Waals surface area contributed by atoms with Crippen LogP contribution < -0.4 is 5.32 Å². The summed E-state index contributed by atoms with van der Waals surface area (Å²) in [6.45, 7) is 0.969. The molecule has 1 unspecified atom stereocenters. The van der Waals surface area contributed by atoms with Crippen LogP contribution in [0.2, 0.25) is 10.0 Å². The highest BCUT2D eigenvalue weighted by molar-refractivity contribution is 6.31. The van der Waals surface area contributed by atoms with Gasteiger partial charge in [-0.1, -0.05) is 53.5 Å². The summed E-state index contributed by atoms with van der Waals surface area (Å²) in [5.41, 5.74) is 2.52. The van der Waals surface area contributed by atoms with Crippen molar-refractivity contribution in [2.75, 3.05) is 6.54 Å². The van der Waals surface area contributed by atoms with E-state index in [9.17, 15) is 0 Å². The van der Waals surface area contributed by atoms with Crippen molar-refractivity contribution >= 4 is 23.2 Å². The molecule has 21 heavy (non-hydrogen) atoms. The van der Waals surface area contributed by atoms with Crippen molar-refractivity contribution in [3.8, 4) is 0 Å². The number of benzene rings is 2. The Bertz CT molecular complexity index is 590. The average Bonchev–Trinajstić information content (AvgIpc) is 3.30. The number of rotatable bonds is 6. The molecule has 0 aromatic heterocycles. The Labute approximate surface area is 136 Å². The molecule has 3 rings (SSSR count). The zero-order valence-corrected chi connectivity index (χ0v) is 13.4. The molecule has 0 aliphatic heterocycles. The average molecular weight is 320 g/mol. The molecule has 0 radical (unpaired) electrons. The van der Waals surface area contributed by atoms with Gasteiger partial charge in [-0.2, -0.15) is 0 Å². The van der Waals surface area contributed by atoms with Gasteiger partial charge in [0.1, 0.15) is 0 Å². The molecule has 1 atom stereocenters. The molecule has 1 aliphatic carbocycles. The van der Waals surface area contributed by atoms with Crippen LogP contribution in [0.1, 0.15) is 29.9 Å². The second-order valence-electron chi connectivity index (χ2n) is 5.73. The van der Waals surface area contributed by atoms with Gasteiger partial charge in [0.2, 0.25) is 0 Å². The van der Waals surface area contributed by atoms with Crippen LogP contribution in [-0.4, -0.2) is 12.6 Å². The molecule has 0 spiro atoms. The van der Waals surface area contributed by atoms with E-state index in [0.717, 1.165) is 23.0 Å². The highest BCUT2D eigenvalue weighted by Crippen LogP contribution is 2.29. The van der Waals surface area contributed by atoms with Crippen LogP contribution in [0.4, 0.5) is 0 Å². The minimum Gasteiger partial charge on any atom is -0.313 e. The number of nitrogens with one attached hydrogen (secondary N) is 1. The third-order valence-corrected chi connectivity index (χ3v) is 4.57. The van der Waals surface area contributed by atoms with E-state index >= 15 is 0 Å². The van der Waals surface area contributed by atoms with Gasteiger partial charge in [-0.3, -0.25) is 0 Å². The normalized spacial score (nSPS) is 15.9. The fourth-order valence-electron chi connectivity index (χ4n) is 2.60.